The number of ether oxygens (including phenoxy) is 1. The summed E-state index contributed by atoms with van der Waals surface area (Å²) < 4.78 is 5.28. The van der Waals surface area contributed by atoms with Gasteiger partial charge in [-0.3, -0.25) is 14.9 Å². The van der Waals surface area contributed by atoms with Gasteiger partial charge in [0.2, 0.25) is 0 Å². The number of non-ortho nitro benzene ring substituents is 1. The maximum atomic E-state index is 11.9. The Bertz CT molecular complexity index is 825. The highest BCUT2D eigenvalue weighted by Gasteiger charge is 2.10. The third kappa shape index (κ3) is 4.68. The Morgan fingerprint density at radius 3 is 2.88 bits per heavy atom. The molecule has 120 valence electrons. The molecule has 0 unspecified atom stereocenters. The number of terminal acetylenes is 1. The molecule has 7 nitrogen and oxygen atoms in total. The van der Waals surface area contributed by atoms with E-state index in [1.54, 1.807) is 24.3 Å². The fraction of sp³-hybridized carbons (Fsp3) is 0.0588. The number of carbonyl (C=O) groups excluding carboxylic acids is 1. The summed E-state index contributed by atoms with van der Waals surface area (Å²) in [4.78, 5) is 22.1. The molecule has 2 rings (SSSR count). The van der Waals surface area contributed by atoms with Crippen molar-refractivity contribution in [2.24, 2.45) is 5.10 Å². The Morgan fingerprint density at radius 1 is 1.33 bits per heavy atom. The number of nitrogens with zero attached hydrogens (tertiary/aromatic N) is 2. The molecule has 7 heteroatoms. The van der Waals surface area contributed by atoms with Crippen molar-refractivity contribution in [3.8, 4) is 18.1 Å². The van der Waals surface area contributed by atoms with Crippen molar-refractivity contribution in [2.75, 3.05) is 6.61 Å². The molecule has 0 radical (unpaired) electrons. The lowest BCUT2D eigenvalue weighted by Gasteiger charge is -2.03. The van der Waals surface area contributed by atoms with E-state index in [2.05, 4.69) is 16.4 Å². The maximum absolute atomic E-state index is 11.9. The summed E-state index contributed by atoms with van der Waals surface area (Å²) in [7, 11) is 0. The number of amides is 1. The zero-order valence-corrected chi connectivity index (χ0v) is 12.5. The van der Waals surface area contributed by atoms with Crippen molar-refractivity contribution >= 4 is 17.8 Å². The van der Waals surface area contributed by atoms with Gasteiger partial charge < -0.3 is 4.74 Å². The van der Waals surface area contributed by atoms with Crippen molar-refractivity contribution in [3.05, 3.63) is 69.8 Å². The number of hydrogen-bond acceptors (Lipinski definition) is 5. The second kappa shape index (κ2) is 8.10. The zero-order chi connectivity index (χ0) is 17.4. The van der Waals surface area contributed by atoms with Crippen molar-refractivity contribution in [3.63, 3.8) is 0 Å². The van der Waals surface area contributed by atoms with Gasteiger partial charge >= 0.3 is 0 Å². The number of benzene rings is 2. The molecule has 0 fully saturated rings. The van der Waals surface area contributed by atoms with E-state index < -0.39 is 10.8 Å². The molecule has 0 aliphatic heterocycles. The van der Waals surface area contributed by atoms with Crippen LogP contribution in [-0.2, 0) is 0 Å². The average molecular weight is 323 g/mol. The first-order chi connectivity index (χ1) is 11.6. The van der Waals surface area contributed by atoms with E-state index in [1.807, 2.05) is 0 Å². The lowest BCUT2D eigenvalue weighted by molar-refractivity contribution is -0.384. The van der Waals surface area contributed by atoms with E-state index >= 15 is 0 Å². The fourth-order valence-corrected chi connectivity index (χ4v) is 1.80. The molecule has 0 aliphatic rings. The van der Waals surface area contributed by atoms with Crippen LogP contribution in [0.4, 0.5) is 5.69 Å². The summed E-state index contributed by atoms with van der Waals surface area (Å²) in [5.74, 6) is 2.40. The van der Waals surface area contributed by atoms with Gasteiger partial charge in [0.25, 0.3) is 11.6 Å². The largest absolute Gasteiger partial charge is 0.481 e. The van der Waals surface area contributed by atoms with Crippen molar-refractivity contribution in [1.82, 2.24) is 5.43 Å². The quantitative estimate of drug-likeness (QED) is 0.382. The summed E-state index contributed by atoms with van der Waals surface area (Å²) in [6.45, 7) is 0.157. The third-order valence-corrected chi connectivity index (χ3v) is 2.88. The predicted octanol–water partition coefficient (Wildman–Crippen LogP) is 2.37. The van der Waals surface area contributed by atoms with E-state index in [0.29, 0.717) is 11.3 Å². The lowest BCUT2D eigenvalue weighted by Crippen LogP contribution is -2.17. The molecule has 0 bridgehead atoms. The second-order valence-electron chi connectivity index (χ2n) is 4.57. The van der Waals surface area contributed by atoms with Crippen LogP contribution < -0.4 is 10.2 Å². The molecule has 0 atom stereocenters. The summed E-state index contributed by atoms with van der Waals surface area (Å²) >= 11 is 0. The molecule has 0 saturated carbocycles. The highest BCUT2D eigenvalue weighted by atomic mass is 16.6. The van der Waals surface area contributed by atoms with Crippen LogP contribution in [0.2, 0.25) is 0 Å². The van der Waals surface area contributed by atoms with Gasteiger partial charge in [0.05, 0.1) is 11.1 Å². The topological polar surface area (TPSA) is 93.8 Å². The predicted molar refractivity (Wildman–Crippen MR) is 88.9 cm³/mol. The third-order valence-electron chi connectivity index (χ3n) is 2.88. The van der Waals surface area contributed by atoms with Gasteiger partial charge in [0, 0.05) is 17.7 Å². The summed E-state index contributed by atoms with van der Waals surface area (Å²) in [5, 5.41) is 14.5. The van der Waals surface area contributed by atoms with Crippen LogP contribution in [0.5, 0.6) is 5.75 Å². The standard InChI is InChI=1S/C17H13N3O4/c1-2-9-24-16-8-3-5-13(10-16)12-18-19-17(21)14-6-4-7-15(11-14)20(22)23/h1,3-8,10-12H,9H2,(H,19,21)/b18-12+. The van der Waals surface area contributed by atoms with Crippen LogP contribution in [0.15, 0.2) is 53.6 Å². The maximum Gasteiger partial charge on any atom is 0.271 e. The SMILES string of the molecule is C#CCOc1cccc(/C=N/NC(=O)c2cccc([N+](=O)[O-])c2)c1. The van der Waals surface area contributed by atoms with Gasteiger partial charge in [-0.1, -0.05) is 24.1 Å². The number of nitro benzene ring substituents is 1. The Kier molecular flexibility index (Phi) is 5.64. The van der Waals surface area contributed by atoms with Crippen LogP contribution in [0, 0.1) is 22.5 Å². The Balaban J connectivity index is 2.01. The number of nitrogens with one attached hydrogen (secondary N) is 1. The minimum absolute atomic E-state index is 0.146. The van der Waals surface area contributed by atoms with Crippen molar-refractivity contribution in [2.45, 2.75) is 0 Å². The fourth-order valence-electron chi connectivity index (χ4n) is 1.80. The summed E-state index contributed by atoms with van der Waals surface area (Å²) in [6, 6.07) is 12.4. The van der Waals surface area contributed by atoms with Gasteiger partial charge in [-0.15, -0.1) is 6.42 Å². The molecule has 0 aliphatic carbocycles. The molecular weight excluding hydrogens is 310 g/mol. The second-order valence-corrected chi connectivity index (χ2v) is 4.57. The van der Waals surface area contributed by atoms with Crippen molar-refractivity contribution < 1.29 is 14.5 Å². The normalized spacial score (nSPS) is 10.1. The number of hydrazone groups is 1. The zero-order valence-electron chi connectivity index (χ0n) is 12.5. The summed E-state index contributed by atoms with van der Waals surface area (Å²) in [6.07, 6.45) is 6.55. The first-order valence-electron chi connectivity index (χ1n) is 6.84. The first kappa shape index (κ1) is 16.7. The van der Waals surface area contributed by atoms with Gasteiger partial charge in [-0.25, -0.2) is 5.43 Å². The average Bonchev–Trinajstić information content (AvgIpc) is 2.60. The van der Waals surface area contributed by atoms with E-state index in [0.717, 1.165) is 0 Å². The van der Waals surface area contributed by atoms with Crippen LogP contribution in [0.3, 0.4) is 0 Å². The van der Waals surface area contributed by atoms with Gasteiger partial charge in [0.15, 0.2) is 0 Å². The number of nitro groups is 1. The molecule has 1 amide bonds. The highest BCUT2D eigenvalue weighted by molar-refractivity contribution is 5.95. The molecule has 0 saturated heterocycles. The molecule has 1 N–H and O–H groups in total. The minimum atomic E-state index is -0.568. The van der Waals surface area contributed by atoms with Crippen LogP contribution >= 0.6 is 0 Å². The molecule has 0 spiro atoms. The molecular formula is C17H13N3O4. The van der Waals surface area contributed by atoms with Gasteiger partial charge in [-0.2, -0.15) is 5.10 Å². The molecule has 2 aromatic carbocycles. The summed E-state index contributed by atoms with van der Waals surface area (Å²) in [5.41, 5.74) is 2.99. The molecule has 0 aromatic heterocycles. The Morgan fingerprint density at radius 2 is 2.12 bits per heavy atom. The van der Waals surface area contributed by atoms with Gasteiger partial charge in [-0.05, 0) is 23.8 Å². The number of hydrogen-bond donors (Lipinski definition) is 1. The smallest absolute Gasteiger partial charge is 0.271 e. The number of rotatable bonds is 6. The van der Waals surface area contributed by atoms with Crippen LogP contribution in [0.1, 0.15) is 15.9 Å². The van der Waals surface area contributed by atoms with Crippen LogP contribution in [-0.4, -0.2) is 23.7 Å². The van der Waals surface area contributed by atoms with E-state index in [-0.39, 0.29) is 17.9 Å². The minimum Gasteiger partial charge on any atom is -0.481 e. The van der Waals surface area contributed by atoms with E-state index in [1.165, 1.54) is 30.5 Å². The Hall–Kier alpha value is -3.66. The number of carbonyl (C=O) groups is 1. The lowest BCUT2D eigenvalue weighted by atomic mass is 10.2. The Labute approximate surface area is 138 Å². The molecule has 0 heterocycles. The van der Waals surface area contributed by atoms with E-state index in [4.69, 9.17) is 11.2 Å². The molecule has 2 aromatic rings. The molecule has 24 heavy (non-hydrogen) atoms. The van der Waals surface area contributed by atoms with Crippen LogP contribution in [0.25, 0.3) is 0 Å². The van der Waals surface area contributed by atoms with E-state index in [9.17, 15) is 14.9 Å². The van der Waals surface area contributed by atoms with Gasteiger partial charge in [0.1, 0.15) is 12.4 Å². The van der Waals surface area contributed by atoms with Crippen molar-refractivity contribution in [1.29, 1.82) is 0 Å². The first-order valence-corrected chi connectivity index (χ1v) is 6.84. The monoisotopic (exact) mass is 323 g/mol. The highest BCUT2D eigenvalue weighted by Crippen LogP contribution is 2.13.